The second-order valence-corrected chi connectivity index (χ2v) is 28.7. The van der Waals surface area contributed by atoms with Crippen LogP contribution in [-0.4, -0.2) is 87.4 Å². The van der Waals surface area contributed by atoms with Crippen LogP contribution in [0.15, 0.2) is 158 Å². The summed E-state index contributed by atoms with van der Waals surface area (Å²) in [7, 11) is 5.99. The van der Waals surface area contributed by atoms with Crippen LogP contribution < -0.4 is 0 Å². The number of quaternary nitrogens is 1. The number of nitrogens with zero attached hydrogens (tertiary/aromatic N) is 1. The van der Waals surface area contributed by atoms with Crippen LogP contribution in [0.4, 0.5) is 0 Å². The predicted molar refractivity (Wildman–Crippen MR) is 437 cm³/mol. The van der Waals surface area contributed by atoms with Crippen molar-refractivity contribution in [1.82, 2.24) is 0 Å². The Morgan fingerprint density at radius 3 is 0.792 bits per heavy atom. The third-order valence-electron chi connectivity index (χ3n) is 17.8. The lowest BCUT2D eigenvalue weighted by molar-refractivity contribution is -0.870. The SMILES string of the molecule is CC/C=C\C/C=C\C/C=C\C/C=C\C/C=C\C/C=C\C/C=C\CCCCCCCCCCCCCCCC(=O)OC(COC(=O)CCCCCCCCCCCCCCCCCCCCCCCC/C=C\C/C=C\C/C=C\C/C=C\C/C=C\C/C=C\CC)COC(OCC[N+](C)(C)C)C(=O)O. The van der Waals surface area contributed by atoms with Gasteiger partial charge in [0.25, 0.3) is 6.29 Å². The van der Waals surface area contributed by atoms with Crippen LogP contribution in [-0.2, 0) is 33.3 Å². The first-order chi connectivity index (χ1) is 49.6. The van der Waals surface area contributed by atoms with E-state index in [1.54, 1.807) is 0 Å². The average molecular weight is 1400 g/mol. The van der Waals surface area contributed by atoms with E-state index in [1.807, 2.05) is 21.1 Å². The number of hydrogen-bond acceptors (Lipinski definition) is 7. The van der Waals surface area contributed by atoms with E-state index in [-0.39, 0.29) is 32.2 Å². The van der Waals surface area contributed by atoms with Crippen molar-refractivity contribution in [2.24, 2.45) is 0 Å². The highest BCUT2D eigenvalue weighted by Crippen LogP contribution is 2.19. The van der Waals surface area contributed by atoms with Crippen LogP contribution in [0.1, 0.15) is 348 Å². The monoisotopic (exact) mass is 1400 g/mol. The minimum atomic E-state index is -1.52. The fraction of sp³-hybridized carbons (Fsp3) is 0.685. The van der Waals surface area contributed by atoms with E-state index in [9.17, 15) is 19.5 Å². The van der Waals surface area contributed by atoms with Crippen molar-refractivity contribution in [3.05, 3.63) is 158 Å². The third kappa shape index (κ3) is 82.1. The summed E-state index contributed by atoms with van der Waals surface area (Å²) in [6.45, 7) is 4.67. The summed E-state index contributed by atoms with van der Waals surface area (Å²) in [6, 6.07) is 0. The van der Waals surface area contributed by atoms with Gasteiger partial charge in [-0.25, -0.2) is 4.79 Å². The first-order valence-corrected chi connectivity index (χ1v) is 41.6. The van der Waals surface area contributed by atoms with Gasteiger partial charge in [-0.1, -0.05) is 371 Å². The second-order valence-electron chi connectivity index (χ2n) is 28.7. The molecule has 2 atom stereocenters. The molecule has 0 aromatic heterocycles. The molecule has 0 fully saturated rings. The molecule has 1 N–H and O–H groups in total. The molecule has 2 unspecified atom stereocenters. The van der Waals surface area contributed by atoms with Crippen molar-refractivity contribution in [3.8, 4) is 0 Å². The standard InChI is InChI=1S/C92H155NO8/c1-6-8-10-12-14-16-18-20-22-24-26-28-30-32-34-36-38-40-42-43-44-45-46-47-49-50-52-54-56-58-60-62-64-66-68-70-72-74-76-78-80-82-89(94)99-86-88(87-100-92(91(96)97)98-85-84-93(3,4)5)101-90(95)83-81-79-77-75-73-71-69-67-65-63-61-59-57-55-53-51-48-41-39-37-35-33-31-29-27-25-23-21-19-17-15-13-11-9-7-2/h8-11,14-17,20-23,26-29,32-35,38-41,51,53,88,92H,6-7,12-13,18-19,24-25,30-31,36-37,42-50,52,54-87H2,1-5H3/p+1/b10-8-,11-9-,16-14-,17-15-,22-20-,23-21-,28-26-,29-27-,34-32-,35-33-,40-38-,41-39-,53-51-. The molecule has 0 bridgehead atoms. The number of carbonyl (C=O) groups is 3. The summed E-state index contributed by atoms with van der Waals surface area (Å²) in [4.78, 5) is 37.8. The molecule has 0 radical (unpaired) electrons. The van der Waals surface area contributed by atoms with Crippen LogP contribution in [0.25, 0.3) is 0 Å². The fourth-order valence-corrected chi connectivity index (χ4v) is 11.5. The highest BCUT2D eigenvalue weighted by atomic mass is 16.7. The Morgan fingerprint density at radius 2 is 0.535 bits per heavy atom. The van der Waals surface area contributed by atoms with Crippen LogP contribution in [0, 0.1) is 0 Å². The molecular formula is C92H156NO8+. The number of unbranched alkanes of at least 4 members (excludes halogenated alkanes) is 35. The number of esters is 2. The summed E-state index contributed by atoms with van der Waals surface area (Å²) < 4.78 is 23.1. The first kappa shape index (κ1) is 95.9. The molecule has 0 spiro atoms. The summed E-state index contributed by atoms with van der Waals surface area (Å²) in [5, 5.41) is 9.78. The van der Waals surface area contributed by atoms with Crippen molar-refractivity contribution >= 4 is 17.9 Å². The number of carbonyl (C=O) groups excluding carboxylic acids is 2. The first-order valence-electron chi connectivity index (χ1n) is 41.6. The minimum Gasteiger partial charge on any atom is -0.477 e. The number of carboxylic acid groups (broad SMARTS) is 1. The van der Waals surface area contributed by atoms with E-state index in [0.717, 1.165) is 122 Å². The van der Waals surface area contributed by atoms with Crippen molar-refractivity contribution in [2.45, 2.75) is 360 Å². The molecule has 0 aliphatic rings. The van der Waals surface area contributed by atoms with Crippen molar-refractivity contribution in [3.63, 3.8) is 0 Å². The zero-order chi connectivity index (χ0) is 73.2. The van der Waals surface area contributed by atoms with Gasteiger partial charge in [0.15, 0.2) is 6.10 Å². The number of hydrogen-bond donors (Lipinski definition) is 1. The molecule has 0 aromatic carbocycles. The number of likely N-dealkylation sites (N-methyl/N-ethyl adjacent to an activating group) is 1. The number of aliphatic carboxylic acids is 1. The maximum Gasteiger partial charge on any atom is 0.361 e. The molecule has 0 saturated carbocycles. The third-order valence-corrected chi connectivity index (χ3v) is 17.8. The van der Waals surface area contributed by atoms with Crippen LogP contribution >= 0.6 is 0 Å². The molecule has 0 amide bonds. The molecule has 0 aliphatic carbocycles. The summed E-state index contributed by atoms with van der Waals surface area (Å²) in [5.41, 5.74) is 0. The molecule has 0 saturated heterocycles. The lowest BCUT2D eigenvalue weighted by atomic mass is 10.0. The smallest absolute Gasteiger partial charge is 0.361 e. The van der Waals surface area contributed by atoms with Gasteiger partial charge in [0.2, 0.25) is 0 Å². The van der Waals surface area contributed by atoms with Gasteiger partial charge < -0.3 is 28.5 Å². The Kier molecular flexibility index (Phi) is 76.5. The van der Waals surface area contributed by atoms with E-state index in [2.05, 4.69) is 172 Å². The van der Waals surface area contributed by atoms with E-state index in [1.165, 1.54) is 193 Å². The van der Waals surface area contributed by atoms with Crippen molar-refractivity contribution < 1.29 is 42.9 Å². The van der Waals surface area contributed by atoms with Gasteiger partial charge in [-0.15, -0.1) is 0 Å². The highest BCUT2D eigenvalue weighted by molar-refractivity contribution is 5.71. The van der Waals surface area contributed by atoms with Gasteiger partial charge in [0.1, 0.15) is 13.2 Å². The van der Waals surface area contributed by atoms with Crippen LogP contribution in [0.2, 0.25) is 0 Å². The van der Waals surface area contributed by atoms with E-state index in [4.69, 9.17) is 18.9 Å². The number of ether oxygens (including phenoxy) is 4. The molecule has 0 rings (SSSR count). The van der Waals surface area contributed by atoms with Gasteiger partial charge in [0, 0.05) is 12.8 Å². The molecule has 0 aromatic rings. The normalized spacial score (nSPS) is 13.5. The zero-order valence-corrected chi connectivity index (χ0v) is 66.0. The molecule has 101 heavy (non-hydrogen) atoms. The number of carboxylic acids is 1. The predicted octanol–water partition coefficient (Wildman–Crippen LogP) is 27.1. The number of rotatable bonds is 76. The lowest BCUT2D eigenvalue weighted by Gasteiger charge is -2.25. The Morgan fingerprint density at radius 1 is 0.297 bits per heavy atom. The largest absolute Gasteiger partial charge is 0.477 e. The molecular weight excluding hydrogens is 1250 g/mol. The van der Waals surface area contributed by atoms with Gasteiger partial charge >= 0.3 is 17.9 Å². The maximum atomic E-state index is 13.0. The highest BCUT2D eigenvalue weighted by Gasteiger charge is 2.25. The topological polar surface area (TPSA) is 108 Å². The summed E-state index contributed by atoms with van der Waals surface area (Å²) >= 11 is 0. The van der Waals surface area contributed by atoms with E-state index in [0.29, 0.717) is 23.9 Å². The second kappa shape index (κ2) is 80.6. The van der Waals surface area contributed by atoms with E-state index >= 15 is 0 Å². The Hall–Kier alpha value is -5.09. The van der Waals surface area contributed by atoms with Gasteiger partial charge in [-0.05, 0) is 122 Å². The van der Waals surface area contributed by atoms with Gasteiger partial charge in [0.05, 0.1) is 34.4 Å². The van der Waals surface area contributed by atoms with Crippen molar-refractivity contribution in [1.29, 1.82) is 0 Å². The summed E-state index contributed by atoms with van der Waals surface area (Å²) in [5.74, 6) is -2.00. The molecule has 0 heterocycles. The van der Waals surface area contributed by atoms with Gasteiger partial charge in [-0.2, -0.15) is 0 Å². The zero-order valence-electron chi connectivity index (χ0n) is 66.0. The Balaban J connectivity index is 4.01. The van der Waals surface area contributed by atoms with E-state index < -0.39 is 24.3 Å². The molecule has 9 heteroatoms. The van der Waals surface area contributed by atoms with Gasteiger partial charge in [-0.3, -0.25) is 9.59 Å². The van der Waals surface area contributed by atoms with Crippen LogP contribution in [0.3, 0.4) is 0 Å². The quantitative estimate of drug-likeness (QED) is 0.0211. The maximum absolute atomic E-state index is 13.0. The minimum absolute atomic E-state index is 0.183. The summed E-state index contributed by atoms with van der Waals surface area (Å²) in [6.07, 6.45) is 117. The molecule has 0 aliphatic heterocycles. The lowest BCUT2D eigenvalue weighted by Crippen LogP contribution is -2.40. The van der Waals surface area contributed by atoms with Crippen molar-refractivity contribution in [2.75, 3.05) is 47.5 Å². The molecule has 576 valence electrons. The fourth-order valence-electron chi connectivity index (χ4n) is 11.5. The Labute approximate surface area is 623 Å². The molecule has 9 nitrogen and oxygen atoms in total. The Bertz CT molecular complexity index is 2230. The number of allylic oxidation sites excluding steroid dienone is 26. The van der Waals surface area contributed by atoms with Crippen LogP contribution in [0.5, 0.6) is 0 Å². The average Bonchev–Trinajstić information content (AvgIpc) is 1.25.